The molecule has 1 heterocycles. The number of pyridine rings is 1. The van der Waals surface area contributed by atoms with Crippen LogP contribution >= 0.6 is 23.7 Å². The minimum Gasteiger partial charge on any atom is -0.505 e. The molecule has 0 amide bonds. The fourth-order valence-corrected chi connectivity index (χ4v) is 3.93. The van der Waals surface area contributed by atoms with Crippen molar-refractivity contribution < 1.29 is 37.8 Å². The molecule has 1 aromatic heterocycles. The van der Waals surface area contributed by atoms with Crippen LogP contribution in [0.25, 0.3) is 0 Å². The first-order valence-corrected chi connectivity index (χ1v) is 10.4. The zero-order chi connectivity index (χ0) is 21.8. The molecule has 0 spiro atoms. The summed E-state index contributed by atoms with van der Waals surface area (Å²) in [5.74, 6) is -3.03. The van der Waals surface area contributed by atoms with Gasteiger partial charge in [0.25, 0.3) is 0 Å². The van der Waals surface area contributed by atoms with Gasteiger partial charge in [-0.15, -0.1) is 0 Å². The Hall–Kier alpha value is -2.33. The van der Waals surface area contributed by atoms with Gasteiger partial charge >= 0.3 is 13.7 Å². The standard InChI is InChI=1S/C17H17BrFN2O7P/c1-9-16(23)13(7-22)11(6-20-9)8-27-29(26,21-10(2)17(24)25)28-15-4-3-12(18)5-14(15)19/h3-7,10,23H,8H2,1-2H3,(H,21,26)(H,24,25). The number of hydrogen-bond acceptors (Lipinski definition) is 7. The lowest BCUT2D eigenvalue weighted by molar-refractivity contribution is -0.138. The zero-order valence-electron chi connectivity index (χ0n) is 15.3. The third kappa shape index (κ3) is 5.83. The molecule has 2 aromatic rings. The highest BCUT2D eigenvalue weighted by atomic mass is 79.9. The molecule has 0 saturated heterocycles. The maximum absolute atomic E-state index is 14.1. The second-order valence-corrected chi connectivity index (χ2v) is 8.48. The van der Waals surface area contributed by atoms with E-state index in [9.17, 15) is 23.7 Å². The number of carboxylic acid groups (broad SMARTS) is 1. The summed E-state index contributed by atoms with van der Waals surface area (Å²) in [4.78, 5) is 26.3. The van der Waals surface area contributed by atoms with Crippen LogP contribution in [0.4, 0.5) is 4.39 Å². The number of carboxylic acids is 1. The van der Waals surface area contributed by atoms with Gasteiger partial charge < -0.3 is 14.7 Å². The molecule has 0 radical (unpaired) electrons. The van der Waals surface area contributed by atoms with Crippen molar-refractivity contribution in [2.75, 3.05) is 0 Å². The number of aromatic hydroxyl groups is 1. The predicted molar refractivity (Wildman–Crippen MR) is 103 cm³/mol. The van der Waals surface area contributed by atoms with Crippen LogP contribution in [0.1, 0.15) is 28.5 Å². The number of nitrogens with one attached hydrogen (secondary N) is 1. The molecule has 156 valence electrons. The summed E-state index contributed by atoms with van der Waals surface area (Å²) < 4.78 is 38.0. The van der Waals surface area contributed by atoms with Gasteiger partial charge in [-0.1, -0.05) is 15.9 Å². The summed E-state index contributed by atoms with van der Waals surface area (Å²) in [6, 6.07) is 2.30. The monoisotopic (exact) mass is 490 g/mol. The van der Waals surface area contributed by atoms with Crippen molar-refractivity contribution >= 4 is 35.9 Å². The Morgan fingerprint density at radius 3 is 2.76 bits per heavy atom. The molecule has 2 atom stereocenters. The van der Waals surface area contributed by atoms with Crippen molar-refractivity contribution in [2.45, 2.75) is 26.5 Å². The van der Waals surface area contributed by atoms with Crippen molar-refractivity contribution in [1.29, 1.82) is 0 Å². The summed E-state index contributed by atoms with van der Waals surface area (Å²) >= 11 is 3.07. The first-order valence-electron chi connectivity index (χ1n) is 8.08. The molecule has 29 heavy (non-hydrogen) atoms. The number of halogens is 2. The molecular formula is C17H17BrFN2O7P. The van der Waals surface area contributed by atoms with E-state index in [0.29, 0.717) is 10.8 Å². The van der Waals surface area contributed by atoms with Gasteiger partial charge in [-0.3, -0.25) is 19.1 Å². The third-order valence-electron chi connectivity index (χ3n) is 3.70. The summed E-state index contributed by atoms with van der Waals surface area (Å²) in [7, 11) is -4.43. The Kier molecular flexibility index (Phi) is 7.48. The van der Waals surface area contributed by atoms with E-state index in [-0.39, 0.29) is 22.6 Å². The number of aromatic nitrogens is 1. The first-order chi connectivity index (χ1) is 13.6. The number of benzene rings is 1. The van der Waals surface area contributed by atoms with Gasteiger partial charge in [0.1, 0.15) is 11.8 Å². The Balaban J connectivity index is 2.33. The summed E-state index contributed by atoms with van der Waals surface area (Å²) in [5.41, 5.74) is 0.142. The molecular weight excluding hydrogens is 474 g/mol. The first kappa shape index (κ1) is 23.0. The van der Waals surface area contributed by atoms with Crippen molar-refractivity contribution in [3.05, 3.63) is 51.5 Å². The largest absolute Gasteiger partial charge is 0.505 e. The van der Waals surface area contributed by atoms with Crippen LogP contribution in [-0.4, -0.2) is 33.5 Å². The normalized spacial score (nSPS) is 14.1. The lowest BCUT2D eigenvalue weighted by Crippen LogP contribution is -2.33. The highest BCUT2D eigenvalue weighted by Gasteiger charge is 2.33. The minimum atomic E-state index is -4.43. The van der Waals surface area contributed by atoms with E-state index in [1.54, 1.807) is 0 Å². The highest BCUT2D eigenvalue weighted by Crippen LogP contribution is 2.47. The van der Waals surface area contributed by atoms with E-state index in [1.807, 2.05) is 0 Å². The van der Waals surface area contributed by atoms with Crippen LogP contribution < -0.4 is 9.61 Å². The molecule has 3 N–H and O–H groups in total. The average molecular weight is 491 g/mol. The zero-order valence-corrected chi connectivity index (χ0v) is 17.7. The molecule has 2 rings (SSSR count). The Morgan fingerprint density at radius 1 is 1.48 bits per heavy atom. The van der Waals surface area contributed by atoms with Crippen LogP contribution in [0.5, 0.6) is 11.5 Å². The van der Waals surface area contributed by atoms with Gasteiger partial charge in [-0.2, -0.15) is 5.09 Å². The average Bonchev–Trinajstić information content (AvgIpc) is 2.65. The van der Waals surface area contributed by atoms with Gasteiger partial charge in [0, 0.05) is 16.2 Å². The van der Waals surface area contributed by atoms with Crippen LogP contribution in [0.15, 0.2) is 28.9 Å². The van der Waals surface area contributed by atoms with E-state index < -0.39 is 37.9 Å². The number of aldehydes is 1. The number of aryl methyl sites for hydroxylation is 1. The van der Waals surface area contributed by atoms with Gasteiger partial charge in [0.05, 0.1) is 17.9 Å². The van der Waals surface area contributed by atoms with Gasteiger partial charge in [-0.05, 0) is 32.0 Å². The molecule has 1 aromatic carbocycles. The molecule has 0 aliphatic carbocycles. The Labute approximate surface area is 173 Å². The number of aliphatic carboxylic acids is 1. The topological polar surface area (TPSA) is 135 Å². The van der Waals surface area contributed by atoms with E-state index in [4.69, 9.17) is 14.2 Å². The number of carbonyl (C=O) groups excluding carboxylic acids is 1. The molecule has 2 unspecified atom stereocenters. The van der Waals surface area contributed by atoms with Crippen molar-refractivity contribution in [3.8, 4) is 11.5 Å². The Bertz CT molecular complexity index is 988. The van der Waals surface area contributed by atoms with Gasteiger partial charge in [0.2, 0.25) is 0 Å². The second-order valence-electron chi connectivity index (χ2n) is 5.87. The van der Waals surface area contributed by atoms with Crippen molar-refractivity contribution in [1.82, 2.24) is 10.1 Å². The second kappa shape index (κ2) is 9.45. The van der Waals surface area contributed by atoms with Crippen LogP contribution in [0.3, 0.4) is 0 Å². The van der Waals surface area contributed by atoms with Gasteiger partial charge in [-0.25, -0.2) is 8.96 Å². The molecule has 0 bridgehead atoms. The third-order valence-corrected chi connectivity index (χ3v) is 5.80. The number of carbonyl (C=O) groups is 2. The van der Waals surface area contributed by atoms with Crippen LogP contribution in [0, 0.1) is 12.7 Å². The number of rotatable bonds is 9. The lowest BCUT2D eigenvalue weighted by Gasteiger charge is -2.22. The van der Waals surface area contributed by atoms with E-state index >= 15 is 0 Å². The van der Waals surface area contributed by atoms with E-state index in [2.05, 4.69) is 26.0 Å². The molecule has 0 aliphatic heterocycles. The van der Waals surface area contributed by atoms with Crippen molar-refractivity contribution in [2.24, 2.45) is 0 Å². The predicted octanol–water partition coefficient (Wildman–Crippen LogP) is 3.58. The highest BCUT2D eigenvalue weighted by molar-refractivity contribution is 9.10. The SMILES string of the molecule is Cc1ncc(COP(=O)(NC(C)C(=O)O)Oc2ccc(Br)cc2F)c(C=O)c1O. The minimum absolute atomic E-state index is 0.0768. The van der Waals surface area contributed by atoms with E-state index in [0.717, 1.165) is 6.07 Å². The molecule has 0 fully saturated rings. The van der Waals surface area contributed by atoms with Crippen LogP contribution in [0.2, 0.25) is 0 Å². The molecule has 0 saturated carbocycles. The Morgan fingerprint density at radius 2 is 2.17 bits per heavy atom. The van der Waals surface area contributed by atoms with Crippen LogP contribution in [-0.2, 0) is 20.5 Å². The maximum atomic E-state index is 14.1. The molecule has 0 aliphatic rings. The van der Waals surface area contributed by atoms with Crippen molar-refractivity contribution in [3.63, 3.8) is 0 Å². The molecule has 12 heteroatoms. The fourth-order valence-electron chi connectivity index (χ4n) is 2.11. The fraction of sp³-hybridized carbons (Fsp3) is 0.235. The summed E-state index contributed by atoms with van der Waals surface area (Å²) in [6.07, 6.45) is 1.60. The molecule has 9 nitrogen and oxygen atoms in total. The summed E-state index contributed by atoms with van der Waals surface area (Å²) in [6.45, 7) is 2.13. The summed E-state index contributed by atoms with van der Waals surface area (Å²) in [5, 5.41) is 21.2. The quantitative estimate of drug-likeness (QED) is 0.355. The lowest BCUT2D eigenvalue weighted by atomic mass is 10.1. The maximum Gasteiger partial charge on any atom is 0.459 e. The van der Waals surface area contributed by atoms with Gasteiger partial charge in [0.15, 0.2) is 17.9 Å². The number of nitrogens with zero attached hydrogens (tertiary/aromatic N) is 1. The number of hydrogen-bond donors (Lipinski definition) is 3. The van der Waals surface area contributed by atoms with E-state index in [1.165, 1.54) is 32.2 Å². The smallest absolute Gasteiger partial charge is 0.459 e.